The van der Waals surface area contributed by atoms with Crippen LogP contribution in [0.4, 0.5) is 0 Å². The van der Waals surface area contributed by atoms with E-state index in [0.717, 1.165) is 38.9 Å². The first-order valence-electron chi connectivity index (χ1n) is 8.22. The Hall–Kier alpha value is -0.610. The van der Waals surface area contributed by atoms with Crippen molar-refractivity contribution in [2.45, 2.75) is 70.4 Å². The van der Waals surface area contributed by atoms with E-state index in [1.807, 2.05) is 0 Å². The highest BCUT2D eigenvalue weighted by Crippen LogP contribution is 2.28. The van der Waals surface area contributed by atoms with Gasteiger partial charge in [0.15, 0.2) is 0 Å². The Bertz CT molecular complexity index is 294. The summed E-state index contributed by atoms with van der Waals surface area (Å²) in [6, 6.07) is -0.0670. The second kappa shape index (κ2) is 7.99. The second-order valence-corrected chi connectivity index (χ2v) is 6.49. The van der Waals surface area contributed by atoms with Crippen LogP contribution in [-0.2, 0) is 9.53 Å². The Kier molecular flexibility index (Phi) is 6.30. The highest BCUT2D eigenvalue weighted by atomic mass is 16.5. The van der Waals surface area contributed by atoms with Gasteiger partial charge in [-0.2, -0.15) is 0 Å². The fourth-order valence-electron chi connectivity index (χ4n) is 3.58. The number of rotatable bonds is 5. The monoisotopic (exact) mass is 283 g/mol. The van der Waals surface area contributed by atoms with Gasteiger partial charge < -0.3 is 15.2 Å². The van der Waals surface area contributed by atoms with E-state index in [4.69, 9.17) is 4.74 Å². The van der Waals surface area contributed by atoms with Gasteiger partial charge in [0.2, 0.25) is 5.91 Å². The van der Waals surface area contributed by atoms with E-state index in [-0.39, 0.29) is 11.9 Å². The molecular weight excluding hydrogens is 254 g/mol. The maximum absolute atomic E-state index is 12.2. The molecule has 2 unspecified atom stereocenters. The molecular formula is C16H29NO3. The molecule has 2 aliphatic rings. The van der Waals surface area contributed by atoms with E-state index in [1.54, 1.807) is 6.92 Å². The molecule has 1 amide bonds. The molecule has 1 heterocycles. The Balaban J connectivity index is 1.81. The third-order valence-electron chi connectivity index (χ3n) is 4.82. The lowest BCUT2D eigenvalue weighted by Crippen LogP contribution is -2.48. The number of aliphatic hydroxyl groups is 1. The molecule has 1 saturated carbocycles. The molecule has 2 fully saturated rings. The number of hydrogen-bond acceptors (Lipinski definition) is 3. The number of amides is 1. The average Bonchev–Trinajstić information content (AvgIpc) is 2.46. The molecule has 2 rings (SSSR count). The van der Waals surface area contributed by atoms with Gasteiger partial charge in [0.05, 0.1) is 12.1 Å². The summed E-state index contributed by atoms with van der Waals surface area (Å²) in [5, 5.41) is 13.1. The van der Waals surface area contributed by atoms with Gasteiger partial charge in [0.25, 0.3) is 0 Å². The van der Waals surface area contributed by atoms with Crippen molar-refractivity contribution in [3.63, 3.8) is 0 Å². The Labute approximate surface area is 122 Å². The molecule has 116 valence electrons. The summed E-state index contributed by atoms with van der Waals surface area (Å²) >= 11 is 0. The van der Waals surface area contributed by atoms with Crippen molar-refractivity contribution >= 4 is 5.91 Å². The fraction of sp³-hybridized carbons (Fsp3) is 0.938. The van der Waals surface area contributed by atoms with Crippen LogP contribution in [0.2, 0.25) is 0 Å². The highest BCUT2D eigenvalue weighted by Gasteiger charge is 2.29. The Morgan fingerprint density at radius 2 is 1.85 bits per heavy atom. The largest absolute Gasteiger partial charge is 0.391 e. The molecule has 20 heavy (non-hydrogen) atoms. The van der Waals surface area contributed by atoms with Crippen molar-refractivity contribution < 1.29 is 14.6 Å². The van der Waals surface area contributed by atoms with Crippen LogP contribution < -0.4 is 5.32 Å². The smallest absolute Gasteiger partial charge is 0.220 e. The number of aliphatic hydroxyl groups excluding tert-OH is 1. The van der Waals surface area contributed by atoms with Crippen LogP contribution in [0.1, 0.15) is 58.3 Å². The summed E-state index contributed by atoms with van der Waals surface area (Å²) in [6.45, 7) is 3.36. The van der Waals surface area contributed by atoms with E-state index in [9.17, 15) is 9.90 Å². The van der Waals surface area contributed by atoms with Gasteiger partial charge in [-0.25, -0.2) is 0 Å². The lowest BCUT2D eigenvalue weighted by atomic mass is 9.82. The molecule has 0 aromatic rings. The summed E-state index contributed by atoms with van der Waals surface area (Å²) < 4.78 is 5.32. The third kappa shape index (κ3) is 4.74. The number of nitrogens with one attached hydrogen (secondary N) is 1. The number of hydrogen-bond donors (Lipinski definition) is 2. The summed E-state index contributed by atoms with van der Waals surface area (Å²) in [7, 11) is 0. The molecule has 1 aliphatic heterocycles. The van der Waals surface area contributed by atoms with Crippen molar-refractivity contribution in [3.05, 3.63) is 0 Å². The van der Waals surface area contributed by atoms with E-state index in [2.05, 4.69) is 5.32 Å². The summed E-state index contributed by atoms with van der Waals surface area (Å²) in [5.41, 5.74) is 0. The van der Waals surface area contributed by atoms with Crippen LogP contribution in [0.5, 0.6) is 0 Å². The fourth-order valence-corrected chi connectivity index (χ4v) is 3.58. The SMILES string of the molecule is CC(O)C(NC(=O)CC1CCOCC1)C1CCCCC1. The number of carbonyl (C=O) groups excluding carboxylic acids is 1. The van der Waals surface area contributed by atoms with Gasteiger partial charge in [0.1, 0.15) is 0 Å². The van der Waals surface area contributed by atoms with Crippen molar-refractivity contribution in [3.8, 4) is 0 Å². The zero-order valence-electron chi connectivity index (χ0n) is 12.6. The van der Waals surface area contributed by atoms with Gasteiger partial charge >= 0.3 is 0 Å². The van der Waals surface area contributed by atoms with Gasteiger partial charge in [-0.05, 0) is 44.4 Å². The predicted octanol–water partition coefficient (Wildman–Crippen LogP) is 2.25. The van der Waals surface area contributed by atoms with Crippen LogP contribution in [0, 0.1) is 11.8 Å². The van der Waals surface area contributed by atoms with Gasteiger partial charge in [-0.15, -0.1) is 0 Å². The van der Waals surface area contributed by atoms with Crippen LogP contribution in [0.25, 0.3) is 0 Å². The van der Waals surface area contributed by atoms with Crippen molar-refractivity contribution in [2.75, 3.05) is 13.2 Å². The minimum Gasteiger partial charge on any atom is -0.391 e. The van der Waals surface area contributed by atoms with Crippen molar-refractivity contribution in [2.24, 2.45) is 11.8 Å². The minimum absolute atomic E-state index is 0.0670. The van der Waals surface area contributed by atoms with Gasteiger partial charge in [-0.3, -0.25) is 4.79 Å². The molecule has 4 heteroatoms. The van der Waals surface area contributed by atoms with E-state index in [1.165, 1.54) is 19.3 Å². The van der Waals surface area contributed by atoms with E-state index < -0.39 is 6.10 Å². The zero-order chi connectivity index (χ0) is 14.4. The lowest BCUT2D eigenvalue weighted by molar-refractivity contribution is -0.124. The molecule has 2 N–H and O–H groups in total. The molecule has 4 nitrogen and oxygen atoms in total. The highest BCUT2D eigenvalue weighted by molar-refractivity contribution is 5.76. The Morgan fingerprint density at radius 1 is 1.20 bits per heavy atom. The zero-order valence-corrected chi connectivity index (χ0v) is 12.6. The summed E-state index contributed by atoms with van der Waals surface area (Å²) in [4.78, 5) is 12.2. The summed E-state index contributed by atoms with van der Waals surface area (Å²) in [5.74, 6) is 1.00. The third-order valence-corrected chi connectivity index (χ3v) is 4.82. The van der Waals surface area contributed by atoms with Gasteiger partial charge in [-0.1, -0.05) is 19.3 Å². The first kappa shape index (κ1) is 15.8. The van der Waals surface area contributed by atoms with Crippen LogP contribution in [0.3, 0.4) is 0 Å². The molecule has 1 saturated heterocycles. The van der Waals surface area contributed by atoms with Crippen LogP contribution >= 0.6 is 0 Å². The van der Waals surface area contributed by atoms with Crippen LogP contribution in [0.15, 0.2) is 0 Å². The topological polar surface area (TPSA) is 58.6 Å². The molecule has 0 bridgehead atoms. The van der Waals surface area contributed by atoms with Crippen molar-refractivity contribution in [1.29, 1.82) is 0 Å². The Morgan fingerprint density at radius 3 is 2.45 bits per heavy atom. The molecule has 0 spiro atoms. The molecule has 0 aromatic heterocycles. The standard InChI is InChI=1S/C16H29NO3/c1-12(18)16(14-5-3-2-4-6-14)17-15(19)11-13-7-9-20-10-8-13/h12-14,16,18H,2-11H2,1H3,(H,17,19). The van der Waals surface area contributed by atoms with Gasteiger partial charge in [0, 0.05) is 19.6 Å². The maximum Gasteiger partial charge on any atom is 0.220 e. The average molecular weight is 283 g/mol. The first-order valence-corrected chi connectivity index (χ1v) is 8.22. The summed E-state index contributed by atoms with van der Waals surface area (Å²) in [6.07, 6.45) is 8.09. The minimum atomic E-state index is -0.461. The molecule has 0 radical (unpaired) electrons. The van der Waals surface area contributed by atoms with E-state index in [0.29, 0.717) is 18.3 Å². The second-order valence-electron chi connectivity index (χ2n) is 6.49. The number of ether oxygens (including phenoxy) is 1. The molecule has 2 atom stereocenters. The molecule has 1 aliphatic carbocycles. The maximum atomic E-state index is 12.2. The normalized spacial score (nSPS) is 25.1. The van der Waals surface area contributed by atoms with Crippen LogP contribution in [-0.4, -0.2) is 36.4 Å². The predicted molar refractivity (Wildman–Crippen MR) is 78.3 cm³/mol. The lowest BCUT2D eigenvalue weighted by Gasteiger charge is -2.33. The van der Waals surface area contributed by atoms with Crippen molar-refractivity contribution in [1.82, 2.24) is 5.32 Å². The van der Waals surface area contributed by atoms with E-state index >= 15 is 0 Å². The first-order chi connectivity index (χ1) is 9.66. The molecule has 0 aromatic carbocycles. The quantitative estimate of drug-likeness (QED) is 0.813. The number of carbonyl (C=O) groups is 1.